The van der Waals surface area contributed by atoms with Gasteiger partial charge >= 0.3 is 5.97 Å². The number of hydrogen-bond acceptors (Lipinski definition) is 10. The van der Waals surface area contributed by atoms with Crippen LogP contribution in [0.15, 0.2) is 72.8 Å². The largest absolute Gasteiger partial charge is 0.441 e. The second-order valence-electron chi connectivity index (χ2n) is 14.1. The second-order valence-corrected chi connectivity index (χ2v) is 18.1. The highest BCUT2D eigenvalue weighted by atomic mass is 28.4. The van der Waals surface area contributed by atoms with Gasteiger partial charge in [-0.25, -0.2) is 0 Å². The van der Waals surface area contributed by atoms with Crippen LogP contribution in [0.3, 0.4) is 0 Å². The first-order valence-corrected chi connectivity index (χ1v) is 20.2. The molecular formula is C37H42N4O10Si. The van der Waals surface area contributed by atoms with Crippen LogP contribution in [0, 0.1) is 16.0 Å². The topological polar surface area (TPSA) is 180 Å². The van der Waals surface area contributed by atoms with Gasteiger partial charge in [0.2, 0.25) is 11.8 Å². The Morgan fingerprint density at radius 1 is 1.08 bits per heavy atom. The summed E-state index contributed by atoms with van der Waals surface area (Å²) in [7, 11) is -3.19. The third-order valence-corrected chi connectivity index (χ3v) is 12.7. The summed E-state index contributed by atoms with van der Waals surface area (Å²) in [6.07, 6.45) is -1.79. The third kappa shape index (κ3) is 6.72. The van der Waals surface area contributed by atoms with E-state index >= 15 is 0 Å². The fourth-order valence-electron chi connectivity index (χ4n) is 8.02. The van der Waals surface area contributed by atoms with Gasteiger partial charge in [0.05, 0.1) is 42.7 Å². The summed E-state index contributed by atoms with van der Waals surface area (Å²) < 4.78 is 12.0. The lowest BCUT2D eigenvalue weighted by atomic mass is 9.82. The van der Waals surface area contributed by atoms with E-state index in [0.717, 1.165) is 5.56 Å². The number of non-ortho nitro benzene ring substituents is 1. The Hall–Kier alpha value is -4.96. The predicted octanol–water partition coefficient (Wildman–Crippen LogP) is 3.98. The Morgan fingerprint density at radius 2 is 1.79 bits per heavy atom. The smallest absolute Gasteiger partial charge is 0.304 e. The Balaban J connectivity index is 1.35. The van der Waals surface area contributed by atoms with Gasteiger partial charge in [-0.15, -0.1) is 0 Å². The number of aliphatic hydroxyl groups excluding tert-OH is 1. The lowest BCUT2D eigenvalue weighted by molar-refractivity contribution is -0.385. The average Bonchev–Trinajstić information content (AvgIpc) is 3.50. The lowest BCUT2D eigenvalue weighted by Crippen LogP contribution is -2.54. The molecule has 3 heterocycles. The molecule has 14 nitrogen and oxygen atoms in total. The molecule has 0 aliphatic carbocycles. The van der Waals surface area contributed by atoms with Crippen molar-refractivity contribution in [3.05, 3.63) is 99.6 Å². The van der Waals surface area contributed by atoms with E-state index < -0.39 is 54.5 Å². The number of nitro groups is 1. The summed E-state index contributed by atoms with van der Waals surface area (Å²) in [5.74, 6) is -2.26. The number of hydrogen-bond donors (Lipinski definition) is 2. The fourth-order valence-corrected chi connectivity index (χ4v) is 10.6. The molecule has 2 saturated heterocycles. The van der Waals surface area contributed by atoms with Crippen molar-refractivity contribution in [1.82, 2.24) is 4.90 Å². The average molecular weight is 731 g/mol. The van der Waals surface area contributed by atoms with E-state index in [1.807, 2.05) is 30.3 Å². The molecule has 52 heavy (non-hydrogen) atoms. The molecule has 0 radical (unpaired) electrons. The molecule has 2 N–H and O–H groups in total. The molecule has 5 atom stereocenters. The van der Waals surface area contributed by atoms with Crippen LogP contribution in [0.25, 0.3) is 0 Å². The lowest BCUT2D eigenvalue weighted by Gasteiger charge is -2.39. The molecule has 3 aliphatic heterocycles. The van der Waals surface area contributed by atoms with Crippen LogP contribution in [0.1, 0.15) is 43.4 Å². The van der Waals surface area contributed by atoms with E-state index in [2.05, 4.69) is 0 Å². The zero-order chi connectivity index (χ0) is 37.5. The number of benzene rings is 3. The molecule has 0 saturated carbocycles. The Bertz CT molecular complexity index is 1900. The van der Waals surface area contributed by atoms with Crippen molar-refractivity contribution in [2.75, 3.05) is 23.0 Å². The van der Waals surface area contributed by atoms with E-state index in [4.69, 9.17) is 9.47 Å². The summed E-state index contributed by atoms with van der Waals surface area (Å²) in [6.45, 7) is 6.54. The number of nitrogens with zero attached hydrogens (tertiary/aromatic N) is 4. The van der Waals surface area contributed by atoms with Gasteiger partial charge in [-0.2, -0.15) is 0 Å². The minimum Gasteiger partial charge on any atom is -0.441 e. The molecule has 274 valence electrons. The highest BCUT2D eigenvalue weighted by molar-refractivity contribution is 6.71. The molecule has 3 aromatic carbocycles. The van der Waals surface area contributed by atoms with Gasteiger partial charge in [0, 0.05) is 54.9 Å². The first kappa shape index (κ1) is 36.8. The maximum absolute atomic E-state index is 14.9. The van der Waals surface area contributed by atoms with Crippen LogP contribution in [0.5, 0.6) is 0 Å². The van der Waals surface area contributed by atoms with Gasteiger partial charge in [0.1, 0.15) is 0 Å². The van der Waals surface area contributed by atoms with Gasteiger partial charge in [0.25, 0.3) is 11.6 Å². The van der Waals surface area contributed by atoms with Crippen molar-refractivity contribution in [1.29, 1.82) is 0 Å². The van der Waals surface area contributed by atoms with Crippen molar-refractivity contribution in [2.24, 2.45) is 5.92 Å². The van der Waals surface area contributed by atoms with Crippen molar-refractivity contribution >= 4 is 49.1 Å². The molecule has 0 aromatic heterocycles. The first-order valence-electron chi connectivity index (χ1n) is 17.2. The standard InChI is InChI=1S/C37H42N4O10Si/c1-23-35(52(3,4)49)31(19-32(44)38(15-16-42)21-25-9-6-5-7-10-25)51-37(23)29-18-28(41(47)48)13-14-30(29)39(36(37)46)22-26-11-8-12-27(17-26)40-33(45)20-34(40)50-24(2)43/h5-14,17-18,23,31,34-35,42,49H,15-16,19-22H2,1-4H3/t23-,31+,34?,35-,37+/m1/s1. The summed E-state index contributed by atoms with van der Waals surface area (Å²) in [6, 6.07) is 20.4. The van der Waals surface area contributed by atoms with Crippen molar-refractivity contribution in [3.8, 4) is 0 Å². The number of nitro benzene ring substituents is 1. The number of aliphatic hydroxyl groups is 1. The minimum atomic E-state index is -3.19. The molecule has 1 spiro atoms. The highest BCUT2D eigenvalue weighted by Gasteiger charge is 2.66. The number of anilines is 2. The van der Waals surface area contributed by atoms with Crippen molar-refractivity contribution < 1.29 is 43.5 Å². The number of amides is 3. The van der Waals surface area contributed by atoms with E-state index in [1.165, 1.54) is 39.8 Å². The third-order valence-electron chi connectivity index (χ3n) is 10.2. The summed E-state index contributed by atoms with van der Waals surface area (Å²) in [4.78, 5) is 80.4. The highest BCUT2D eigenvalue weighted by Crippen LogP contribution is 2.60. The Labute approximate surface area is 301 Å². The number of β-lactam (4-membered cyclic amide) rings is 1. The zero-order valence-electron chi connectivity index (χ0n) is 29.4. The van der Waals surface area contributed by atoms with Gasteiger partial charge in [-0.05, 0) is 42.4 Å². The molecule has 6 rings (SSSR count). The second kappa shape index (κ2) is 14.2. The van der Waals surface area contributed by atoms with E-state index in [1.54, 1.807) is 44.3 Å². The van der Waals surface area contributed by atoms with Crippen LogP contribution < -0.4 is 9.80 Å². The van der Waals surface area contributed by atoms with Gasteiger partial charge in [-0.3, -0.25) is 34.2 Å². The quantitative estimate of drug-likeness (QED) is 0.0910. The minimum absolute atomic E-state index is 0.00510. The fraction of sp³-hybridized carbons (Fsp3) is 0.405. The molecule has 1 unspecified atom stereocenters. The number of fused-ring (bicyclic) bond motifs is 2. The molecule has 0 bridgehead atoms. The van der Waals surface area contributed by atoms with Gasteiger partial charge in [0.15, 0.2) is 20.1 Å². The number of ether oxygens (including phenoxy) is 2. The Morgan fingerprint density at radius 3 is 2.42 bits per heavy atom. The molecule has 2 fully saturated rings. The molecule has 3 aliphatic rings. The maximum Gasteiger partial charge on any atom is 0.304 e. The monoisotopic (exact) mass is 730 g/mol. The zero-order valence-corrected chi connectivity index (χ0v) is 30.4. The molecule has 3 aromatic rings. The first-order chi connectivity index (χ1) is 24.6. The van der Waals surface area contributed by atoms with Crippen molar-refractivity contribution in [3.63, 3.8) is 0 Å². The number of carbonyl (C=O) groups excluding carboxylic acids is 4. The summed E-state index contributed by atoms with van der Waals surface area (Å²) in [5.41, 5.74) is 0.00702. The summed E-state index contributed by atoms with van der Waals surface area (Å²) in [5, 5.41) is 21.8. The van der Waals surface area contributed by atoms with E-state index in [-0.39, 0.29) is 62.1 Å². The van der Waals surface area contributed by atoms with Crippen LogP contribution in [-0.4, -0.2) is 77.2 Å². The normalized spacial score (nSPS) is 23.8. The van der Waals surface area contributed by atoms with Crippen LogP contribution in [-0.2, 0) is 47.3 Å². The summed E-state index contributed by atoms with van der Waals surface area (Å²) >= 11 is 0. The van der Waals surface area contributed by atoms with E-state index in [9.17, 15) is 39.2 Å². The predicted molar refractivity (Wildman–Crippen MR) is 191 cm³/mol. The van der Waals surface area contributed by atoms with Gasteiger partial charge in [-0.1, -0.05) is 49.4 Å². The maximum atomic E-state index is 14.9. The molecule has 3 amide bonds. The molecular weight excluding hydrogens is 689 g/mol. The Kier molecular flexibility index (Phi) is 10.1. The van der Waals surface area contributed by atoms with Gasteiger partial charge < -0.3 is 29.2 Å². The van der Waals surface area contributed by atoms with Crippen LogP contribution in [0.4, 0.5) is 17.1 Å². The SMILES string of the molecule is CC(=O)OC1CC(=O)N1c1cccc(CN2C(=O)[C@@]3(O[C@@H](CC(=O)N(CCO)Cc4ccccc4)[C@H]([Si](C)(C)O)[C@H]3C)c3cc([N+](=O)[O-])ccc32)c1. The number of rotatable bonds is 12. The van der Waals surface area contributed by atoms with Crippen molar-refractivity contribution in [2.45, 2.75) is 76.3 Å². The van der Waals surface area contributed by atoms with E-state index in [0.29, 0.717) is 16.9 Å². The van der Waals surface area contributed by atoms with Crippen LogP contribution >= 0.6 is 0 Å². The number of carbonyl (C=O) groups is 4. The van der Waals surface area contributed by atoms with Crippen LogP contribution in [0.2, 0.25) is 18.6 Å². The molecule has 15 heteroatoms. The number of esters is 1.